The minimum atomic E-state index is -0.0147. The Morgan fingerprint density at radius 2 is 2.05 bits per heavy atom. The molecule has 0 fully saturated rings. The van der Waals surface area contributed by atoms with Gasteiger partial charge in [0.05, 0.1) is 0 Å². The number of hydrogen-bond acceptors (Lipinski definition) is 2. The topological polar surface area (TPSA) is 21.3 Å². The van der Waals surface area contributed by atoms with E-state index in [1.165, 1.54) is 5.56 Å². The van der Waals surface area contributed by atoms with Gasteiger partial charge in [0.25, 0.3) is 0 Å². The van der Waals surface area contributed by atoms with Crippen molar-refractivity contribution >= 4 is 15.9 Å². The second kappa shape index (κ2) is 6.27. The van der Waals surface area contributed by atoms with Gasteiger partial charge < -0.3 is 10.1 Å². The molecule has 1 aliphatic rings. The predicted octanol–water partition coefficient (Wildman–Crippen LogP) is 4.83. The Bertz CT molecular complexity index is 429. The van der Waals surface area contributed by atoms with Crippen molar-refractivity contribution in [2.24, 2.45) is 0 Å². The monoisotopic (exact) mass is 325 g/mol. The maximum Gasteiger partial charge on any atom is 0.126 e. The lowest BCUT2D eigenvalue weighted by atomic mass is 9.83. The molecule has 0 bridgehead atoms. The fraction of sp³-hybridized carbons (Fsp3) is 0.625. The molecule has 0 aliphatic carbocycles. The van der Waals surface area contributed by atoms with Crippen molar-refractivity contribution in [2.45, 2.75) is 58.1 Å². The van der Waals surface area contributed by atoms with Gasteiger partial charge in [-0.2, -0.15) is 0 Å². The van der Waals surface area contributed by atoms with Gasteiger partial charge in [-0.15, -0.1) is 0 Å². The lowest BCUT2D eigenvalue weighted by molar-refractivity contribution is 0.0228. The van der Waals surface area contributed by atoms with Crippen LogP contribution in [0, 0.1) is 0 Å². The van der Waals surface area contributed by atoms with Crippen LogP contribution < -0.4 is 10.1 Å². The summed E-state index contributed by atoms with van der Waals surface area (Å²) < 4.78 is 7.43. The highest BCUT2D eigenvalue weighted by Crippen LogP contribution is 2.43. The molecule has 1 unspecified atom stereocenters. The molecule has 1 aromatic rings. The Morgan fingerprint density at radius 3 is 2.68 bits per heavy atom. The highest BCUT2D eigenvalue weighted by molar-refractivity contribution is 9.10. The van der Waals surface area contributed by atoms with Crippen LogP contribution in [0.2, 0.25) is 0 Å². The molecule has 0 aromatic heterocycles. The van der Waals surface area contributed by atoms with Gasteiger partial charge in [0.2, 0.25) is 0 Å². The molecule has 2 rings (SSSR count). The second-order valence-corrected chi connectivity index (χ2v) is 6.30. The molecule has 0 saturated carbocycles. The summed E-state index contributed by atoms with van der Waals surface area (Å²) in [7, 11) is 0. The first-order valence-electron chi connectivity index (χ1n) is 7.36. The lowest BCUT2D eigenvalue weighted by Crippen LogP contribution is -2.43. The Balaban J connectivity index is 2.34. The van der Waals surface area contributed by atoms with Gasteiger partial charge in [0.1, 0.15) is 11.4 Å². The fourth-order valence-corrected chi connectivity index (χ4v) is 3.17. The van der Waals surface area contributed by atoms with Crippen LogP contribution in [0.3, 0.4) is 0 Å². The van der Waals surface area contributed by atoms with Crippen molar-refractivity contribution in [3.63, 3.8) is 0 Å². The van der Waals surface area contributed by atoms with Gasteiger partial charge in [0, 0.05) is 22.5 Å². The molecule has 3 heteroatoms. The van der Waals surface area contributed by atoms with Crippen molar-refractivity contribution in [3.05, 3.63) is 28.2 Å². The number of nitrogens with one attached hydrogen (secondary N) is 1. The zero-order valence-electron chi connectivity index (χ0n) is 12.1. The molecule has 1 N–H and O–H groups in total. The van der Waals surface area contributed by atoms with Crippen molar-refractivity contribution in [1.82, 2.24) is 5.32 Å². The molecule has 0 radical (unpaired) electrons. The van der Waals surface area contributed by atoms with Crippen LogP contribution in [0.4, 0.5) is 0 Å². The first-order chi connectivity index (χ1) is 9.14. The van der Waals surface area contributed by atoms with Crippen LogP contribution in [0.5, 0.6) is 5.75 Å². The largest absolute Gasteiger partial charge is 0.487 e. The molecule has 19 heavy (non-hydrogen) atoms. The molecular formula is C16H24BrNO. The lowest BCUT2D eigenvalue weighted by Gasteiger charge is -2.42. The van der Waals surface area contributed by atoms with E-state index in [0.717, 1.165) is 42.5 Å². The van der Waals surface area contributed by atoms with Crippen LogP contribution in [0.1, 0.15) is 58.1 Å². The first-order valence-corrected chi connectivity index (χ1v) is 8.15. The van der Waals surface area contributed by atoms with E-state index in [4.69, 9.17) is 4.74 Å². The molecule has 1 heterocycles. The highest BCUT2D eigenvalue weighted by Gasteiger charge is 2.38. The Kier molecular flexibility index (Phi) is 4.91. The second-order valence-electron chi connectivity index (χ2n) is 5.39. The number of fused-ring (bicyclic) bond motifs is 1. The zero-order valence-corrected chi connectivity index (χ0v) is 13.7. The van der Waals surface area contributed by atoms with E-state index in [-0.39, 0.29) is 5.60 Å². The van der Waals surface area contributed by atoms with Crippen molar-refractivity contribution in [2.75, 3.05) is 6.54 Å². The fourth-order valence-electron chi connectivity index (χ4n) is 2.83. The maximum atomic E-state index is 6.34. The van der Waals surface area contributed by atoms with Crippen molar-refractivity contribution in [3.8, 4) is 5.75 Å². The smallest absolute Gasteiger partial charge is 0.126 e. The summed E-state index contributed by atoms with van der Waals surface area (Å²) in [5, 5.41) is 3.68. The first kappa shape index (κ1) is 14.9. The standard InChI is InChI=1S/C16H24BrNO/c1-4-9-18-14-11-16(5-2,6-3)19-15-10-12(17)7-8-13(14)15/h7-8,10,14,18H,4-6,9,11H2,1-3H3. The number of ether oxygens (including phenoxy) is 1. The van der Waals surface area contributed by atoms with Gasteiger partial charge in [-0.05, 0) is 37.9 Å². The predicted molar refractivity (Wildman–Crippen MR) is 83.7 cm³/mol. The maximum absolute atomic E-state index is 6.34. The van der Waals surface area contributed by atoms with Gasteiger partial charge in [-0.1, -0.05) is 42.8 Å². The minimum absolute atomic E-state index is 0.0147. The number of benzene rings is 1. The van der Waals surface area contributed by atoms with E-state index in [1.54, 1.807) is 0 Å². The van der Waals surface area contributed by atoms with Crippen LogP contribution in [-0.4, -0.2) is 12.1 Å². The van der Waals surface area contributed by atoms with E-state index < -0.39 is 0 Å². The van der Waals surface area contributed by atoms with Gasteiger partial charge in [-0.25, -0.2) is 0 Å². The van der Waals surface area contributed by atoms with Crippen molar-refractivity contribution in [1.29, 1.82) is 0 Å². The van der Waals surface area contributed by atoms with E-state index >= 15 is 0 Å². The Labute approximate surface area is 125 Å². The number of hydrogen-bond donors (Lipinski definition) is 1. The Morgan fingerprint density at radius 1 is 1.32 bits per heavy atom. The van der Waals surface area contributed by atoms with E-state index in [0.29, 0.717) is 6.04 Å². The summed E-state index contributed by atoms with van der Waals surface area (Å²) in [4.78, 5) is 0. The highest BCUT2D eigenvalue weighted by atomic mass is 79.9. The van der Waals surface area contributed by atoms with E-state index in [2.05, 4.69) is 60.2 Å². The average Bonchev–Trinajstić information content (AvgIpc) is 2.43. The third kappa shape index (κ3) is 3.14. The Hall–Kier alpha value is -0.540. The van der Waals surface area contributed by atoms with E-state index in [9.17, 15) is 0 Å². The molecule has 0 spiro atoms. The van der Waals surface area contributed by atoms with Gasteiger partial charge >= 0.3 is 0 Å². The molecule has 1 aliphatic heterocycles. The summed E-state index contributed by atoms with van der Waals surface area (Å²) in [5.41, 5.74) is 1.29. The molecule has 1 atom stereocenters. The van der Waals surface area contributed by atoms with Crippen molar-refractivity contribution < 1.29 is 4.74 Å². The average molecular weight is 326 g/mol. The summed E-state index contributed by atoms with van der Waals surface area (Å²) in [6, 6.07) is 6.81. The van der Waals surface area contributed by atoms with Crippen LogP contribution in [-0.2, 0) is 0 Å². The van der Waals surface area contributed by atoms with Crippen LogP contribution in [0.25, 0.3) is 0 Å². The summed E-state index contributed by atoms with van der Waals surface area (Å²) in [6.07, 6.45) is 4.34. The van der Waals surface area contributed by atoms with Gasteiger partial charge in [-0.3, -0.25) is 0 Å². The number of halogens is 1. The molecule has 1 aromatic carbocycles. The van der Waals surface area contributed by atoms with Crippen LogP contribution >= 0.6 is 15.9 Å². The van der Waals surface area contributed by atoms with Gasteiger partial charge in [0.15, 0.2) is 0 Å². The zero-order chi connectivity index (χ0) is 13.9. The quantitative estimate of drug-likeness (QED) is 0.837. The third-order valence-corrected chi connectivity index (χ3v) is 4.68. The summed E-state index contributed by atoms with van der Waals surface area (Å²) in [5.74, 6) is 1.04. The molecule has 0 amide bonds. The molecule has 106 valence electrons. The SMILES string of the molecule is CCCNC1CC(CC)(CC)Oc2cc(Br)ccc21. The van der Waals surface area contributed by atoms with Crippen LogP contribution in [0.15, 0.2) is 22.7 Å². The molecule has 0 saturated heterocycles. The normalized spacial score (nSPS) is 20.7. The minimum Gasteiger partial charge on any atom is -0.487 e. The number of rotatable bonds is 5. The summed E-state index contributed by atoms with van der Waals surface area (Å²) >= 11 is 3.54. The van der Waals surface area contributed by atoms with E-state index in [1.807, 2.05) is 0 Å². The molecular weight excluding hydrogens is 302 g/mol. The molecule has 2 nitrogen and oxygen atoms in total. The summed E-state index contributed by atoms with van der Waals surface area (Å²) in [6.45, 7) is 7.72. The third-order valence-electron chi connectivity index (χ3n) is 4.18.